The minimum Gasteiger partial charge on any atom is -0.497 e. The molecule has 0 aromatic heterocycles. The summed E-state index contributed by atoms with van der Waals surface area (Å²) in [6.45, 7) is 0. The Hall–Kier alpha value is -0.910. The lowest BCUT2D eigenvalue weighted by Crippen LogP contribution is -2.19. The fourth-order valence-electron chi connectivity index (χ4n) is 2.08. The maximum absolute atomic E-state index is 14.1. The minimum atomic E-state index is -0.267. The Balaban J connectivity index is 2.54. The minimum absolute atomic E-state index is 0.248. The second kappa shape index (κ2) is 6.70. The van der Waals surface area contributed by atoms with Crippen LogP contribution in [0.2, 0.25) is 0 Å². The SMILES string of the molecule is CNC(c1cc(Br)ccc1F)c1cc(OC)ccc1Br. The predicted molar refractivity (Wildman–Crippen MR) is 85.7 cm³/mol. The van der Waals surface area contributed by atoms with Gasteiger partial charge in [0, 0.05) is 14.5 Å². The molecule has 0 fully saturated rings. The van der Waals surface area contributed by atoms with Crippen LogP contribution in [0.1, 0.15) is 17.2 Å². The van der Waals surface area contributed by atoms with Crippen LogP contribution in [0.15, 0.2) is 45.3 Å². The molecule has 0 saturated carbocycles. The van der Waals surface area contributed by atoms with Gasteiger partial charge in [-0.3, -0.25) is 0 Å². The lowest BCUT2D eigenvalue weighted by molar-refractivity contribution is 0.413. The Labute approximate surface area is 134 Å². The molecule has 2 aromatic rings. The Morgan fingerprint density at radius 1 is 1.10 bits per heavy atom. The van der Waals surface area contributed by atoms with Crippen molar-refractivity contribution in [3.8, 4) is 5.75 Å². The smallest absolute Gasteiger partial charge is 0.128 e. The number of ether oxygens (including phenoxy) is 1. The summed E-state index contributed by atoms with van der Waals surface area (Å²) in [5, 5.41) is 3.15. The molecule has 0 saturated heterocycles. The summed E-state index contributed by atoms with van der Waals surface area (Å²) in [6.07, 6.45) is 0. The summed E-state index contributed by atoms with van der Waals surface area (Å²) in [5.74, 6) is 0.487. The van der Waals surface area contributed by atoms with Crippen LogP contribution in [0.5, 0.6) is 5.75 Å². The number of hydrogen-bond acceptors (Lipinski definition) is 2. The molecule has 1 N–H and O–H groups in total. The lowest BCUT2D eigenvalue weighted by atomic mass is 9.98. The molecule has 106 valence electrons. The van der Waals surface area contributed by atoms with Crippen LogP contribution in [0.25, 0.3) is 0 Å². The van der Waals surface area contributed by atoms with Crippen molar-refractivity contribution in [2.45, 2.75) is 6.04 Å². The Bertz CT molecular complexity index is 619. The van der Waals surface area contributed by atoms with Gasteiger partial charge < -0.3 is 10.1 Å². The van der Waals surface area contributed by atoms with Gasteiger partial charge in [0.15, 0.2) is 0 Å². The van der Waals surface area contributed by atoms with Crippen LogP contribution >= 0.6 is 31.9 Å². The van der Waals surface area contributed by atoms with Crippen molar-refractivity contribution in [3.63, 3.8) is 0 Å². The van der Waals surface area contributed by atoms with Gasteiger partial charge in [-0.15, -0.1) is 0 Å². The highest BCUT2D eigenvalue weighted by molar-refractivity contribution is 9.10. The molecule has 1 unspecified atom stereocenters. The molecule has 2 nitrogen and oxygen atoms in total. The third kappa shape index (κ3) is 3.22. The Morgan fingerprint density at radius 3 is 2.50 bits per heavy atom. The largest absolute Gasteiger partial charge is 0.497 e. The first kappa shape index (κ1) is 15.5. The van der Waals surface area contributed by atoms with Crippen molar-refractivity contribution < 1.29 is 9.13 Å². The predicted octanol–water partition coefficient (Wildman–Crippen LogP) is 4.67. The number of methoxy groups -OCH3 is 1. The molecule has 1 atom stereocenters. The van der Waals surface area contributed by atoms with Crippen molar-refractivity contribution in [1.29, 1.82) is 0 Å². The highest BCUT2D eigenvalue weighted by Gasteiger charge is 2.19. The van der Waals surface area contributed by atoms with E-state index in [-0.39, 0.29) is 11.9 Å². The van der Waals surface area contributed by atoms with E-state index in [2.05, 4.69) is 37.2 Å². The molecule has 2 aromatic carbocycles. The van der Waals surface area contributed by atoms with Crippen LogP contribution in [-0.2, 0) is 0 Å². The average molecular weight is 403 g/mol. The highest BCUT2D eigenvalue weighted by atomic mass is 79.9. The summed E-state index contributed by atoms with van der Waals surface area (Å²) < 4.78 is 21.1. The van der Waals surface area contributed by atoms with Crippen LogP contribution in [0.3, 0.4) is 0 Å². The van der Waals surface area contributed by atoms with E-state index in [0.717, 1.165) is 20.3 Å². The van der Waals surface area contributed by atoms with Crippen molar-refractivity contribution >= 4 is 31.9 Å². The summed E-state index contributed by atoms with van der Waals surface area (Å²) in [5.41, 5.74) is 1.50. The van der Waals surface area contributed by atoms with Gasteiger partial charge in [-0.2, -0.15) is 0 Å². The molecule has 5 heteroatoms. The van der Waals surface area contributed by atoms with E-state index in [0.29, 0.717) is 5.56 Å². The zero-order valence-corrected chi connectivity index (χ0v) is 14.3. The van der Waals surface area contributed by atoms with E-state index < -0.39 is 0 Å². The third-order valence-corrected chi connectivity index (χ3v) is 4.29. The number of rotatable bonds is 4. The van der Waals surface area contributed by atoms with E-state index in [1.54, 1.807) is 26.3 Å². The van der Waals surface area contributed by atoms with Gasteiger partial charge in [-0.05, 0) is 49.0 Å². The zero-order chi connectivity index (χ0) is 14.7. The quantitative estimate of drug-likeness (QED) is 0.802. The normalized spacial score (nSPS) is 12.2. The number of halogens is 3. The molecule has 0 amide bonds. The van der Waals surface area contributed by atoms with E-state index in [9.17, 15) is 4.39 Å². The fourth-order valence-corrected chi connectivity index (χ4v) is 2.94. The molecule has 0 radical (unpaired) electrons. The second-order valence-electron chi connectivity index (χ2n) is 4.27. The van der Waals surface area contributed by atoms with Gasteiger partial charge in [0.2, 0.25) is 0 Å². The van der Waals surface area contributed by atoms with Gasteiger partial charge in [-0.1, -0.05) is 31.9 Å². The van der Waals surface area contributed by atoms with Crippen molar-refractivity contribution in [3.05, 3.63) is 62.3 Å². The molecule has 0 aliphatic rings. The van der Waals surface area contributed by atoms with Crippen LogP contribution in [-0.4, -0.2) is 14.2 Å². The summed E-state index contributed by atoms with van der Waals surface area (Å²) >= 11 is 6.89. The van der Waals surface area contributed by atoms with E-state index in [1.807, 2.05) is 18.2 Å². The molecular formula is C15H14Br2FNO. The van der Waals surface area contributed by atoms with Crippen molar-refractivity contribution in [1.82, 2.24) is 5.32 Å². The first-order valence-corrected chi connectivity index (χ1v) is 7.61. The molecule has 20 heavy (non-hydrogen) atoms. The second-order valence-corrected chi connectivity index (χ2v) is 6.04. The summed E-state index contributed by atoms with van der Waals surface area (Å²) in [7, 11) is 3.41. The number of hydrogen-bond donors (Lipinski definition) is 1. The third-order valence-electron chi connectivity index (χ3n) is 3.07. The number of nitrogens with one attached hydrogen (secondary N) is 1. The average Bonchev–Trinajstić information content (AvgIpc) is 2.45. The van der Waals surface area contributed by atoms with Gasteiger partial charge in [0.1, 0.15) is 11.6 Å². The van der Waals surface area contributed by atoms with Gasteiger partial charge >= 0.3 is 0 Å². The first-order chi connectivity index (χ1) is 9.56. The van der Waals surface area contributed by atoms with Gasteiger partial charge in [0.25, 0.3) is 0 Å². The number of benzene rings is 2. The standard InChI is InChI=1S/C15H14Br2FNO/c1-19-15(12-7-9(16)3-6-14(12)18)11-8-10(20-2)4-5-13(11)17/h3-8,15,19H,1-2H3. The molecule has 0 aliphatic carbocycles. The van der Waals surface area contributed by atoms with Crippen LogP contribution in [0.4, 0.5) is 4.39 Å². The monoisotopic (exact) mass is 401 g/mol. The van der Waals surface area contributed by atoms with E-state index in [1.165, 1.54) is 6.07 Å². The van der Waals surface area contributed by atoms with Crippen molar-refractivity contribution in [2.75, 3.05) is 14.2 Å². The zero-order valence-electron chi connectivity index (χ0n) is 11.1. The fraction of sp³-hybridized carbons (Fsp3) is 0.200. The lowest BCUT2D eigenvalue weighted by Gasteiger charge is -2.20. The Kier molecular flexibility index (Phi) is 5.18. The van der Waals surface area contributed by atoms with E-state index >= 15 is 0 Å². The van der Waals surface area contributed by atoms with Gasteiger partial charge in [0.05, 0.1) is 13.2 Å². The first-order valence-electron chi connectivity index (χ1n) is 6.02. The molecular weight excluding hydrogens is 389 g/mol. The molecule has 0 heterocycles. The van der Waals surface area contributed by atoms with E-state index in [4.69, 9.17) is 4.74 Å². The van der Waals surface area contributed by atoms with Crippen LogP contribution < -0.4 is 10.1 Å². The van der Waals surface area contributed by atoms with Crippen LogP contribution in [0, 0.1) is 5.82 Å². The Morgan fingerprint density at radius 2 is 1.85 bits per heavy atom. The summed E-state index contributed by atoms with van der Waals surface area (Å²) in [6, 6.07) is 10.3. The molecule has 0 spiro atoms. The molecule has 0 bridgehead atoms. The summed E-state index contributed by atoms with van der Waals surface area (Å²) in [4.78, 5) is 0. The maximum atomic E-state index is 14.1. The molecule has 0 aliphatic heterocycles. The topological polar surface area (TPSA) is 21.3 Å². The van der Waals surface area contributed by atoms with Crippen molar-refractivity contribution in [2.24, 2.45) is 0 Å². The van der Waals surface area contributed by atoms with Gasteiger partial charge in [-0.25, -0.2) is 4.39 Å². The molecule has 2 rings (SSSR count). The maximum Gasteiger partial charge on any atom is 0.128 e. The highest BCUT2D eigenvalue weighted by Crippen LogP contribution is 2.33.